The van der Waals surface area contributed by atoms with Crippen LogP contribution in [0.25, 0.3) is 0 Å². The molecule has 148 valence electrons. The SMILES string of the molecule is Cc1cc(S(=O)(=O)N2CCN(C(=O)C[C@@H]3CCC[C@H]3N)CC2)c(C)s1.Cl. The number of nitrogens with zero attached hydrogens (tertiary/aromatic N) is 2. The van der Waals surface area contributed by atoms with Gasteiger partial charge in [-0.1, -0.05) is 6.42 Å². The molecule has 9 heteroatoms. The van der Waals surface area contributed by atoms with Crippen LogP contribution in [0.15, 0.2) is 11.0 Å². The summed E-state index contributed by atoms with van der Waals surface area (Å²) >= 11 is 1.50. The number of hydrogen-bond donors (Lipinski definition) is 1. The molecule has 1 aliphatic heterocycles. The number of hydrogen-bond acceptors (Lipinski definition) is 5. The number of rotatable bonds is 4. The first-order valence-corrected chi connectivity index (χ1v) is 11.1. The van der Waals surface area contributed by atoms with Gasteiger partial charge in [0.05, 0.1) is 4.90 Å². The topological polar surface area (TPSA) is 83.7 Å². The minimum atomic E-state index is -3.47. The molecule has 2 aliphatic rings. The summed E-state index contributed by atoms with van der Waals surface area (Å²) < 4.78 is 27.2. The Labute approximate surface area is 166 Å². The van der Waals surface area contributed by atoms with Crippen LogP contribution in [0.3, 0.4) is 0 Å². The first-order chi connectivity index (χ1) is 11.8. The lowest BCUT2D eigenvalue weighted by Gasteiger charge is -2.34. The maximum atomic E-state index is 12.8. The number of aryl methyl sites for hydroxylation is 2. The molecule has 2 fully saturated rings. The molecular weight excluding hydrogens is 394 g/mol. The molecule has 3 rings (SSSR count). The first-order valence-electron chi connectivity index (χ1n) is 8.89. The Hall–Kier alpha value is -0.670. The second-order valence-corrected chi connectivity index (χ2v) is 10.5. The number of sulfonamides is 1. The summed E-state index contributed by atoms with van der Waals surface area (Å²) in [6.07, 6.45) is 3.63. The van der Waals surface area contributed by atoms with Gasteiger partial charge in [-0.15, -0.1) is 23.7 Å². The smallest absolute Gasteiger partial charge is 0.244 e. The van der Waals surface area contributed by atoms with Crippen molar-refractivity contribution >= 4 is 39.7 Å². The van der Waals surface area contributed by atoms with Crippen molar-refractivity contribution in [3.63, 3.8) is 0 Å². The minimum Gasteiger partial charge on any atom is -0.340 e. The Morgan fingerprint density at radius 1 is 1.23 bits per heavy atom. The maximum absolute atomic E-state index is 12.8. The van der Waals surface area contributed by atoms with E-state index < -0.39 is 10.0 Å². The summed E-state index contributed by atoms with van der Waals surface area (Å²) in [6, 6.07) is 1.88. The lowest BCUT2D eigenvalue weighted by molar-refractivity contribution is -0.133. The van der Waals surface area contributed by atoms with E-state index in [9.17, 15) is 13.2 Å². The van der Waals surface area contributed by atoms with E-state index in [1.54, 1.807) is 11.0 Å². The van der Waals surface area contributed by atoms with E-state index in [4.69, 9.17) is 5.73 Å². The maximum Gasteiger partial charge on any atom is 0.244 e. The molecule has 2 heterocycles. The highest BCUT2D eigenvalue weighted by molar-refractivity contribution is 7.89. The predicted octanol–water partition coefficient (Wildman–Crippen LogP) is 2.14. The van der Waals surface area contributed by atoms with Gasteiger partial charge in [0.25, 0.3) is 0 Å². The van der Waals surface area contributed by atoms with Crippen molar-refractivity contribution in [2.24, 2.45) is 11.7 Å². The monoisotopic (exact) mass is 421 g/mol. The van der Waals surface area contributed by atoms with Gasteiger partial charge in [0.2, 0.25) is 15.9 Å². The Kier molecular flexibility index (Phi) is 7.12. The average molecular weight is 422 g/mol. The predicted molar refractivity (Wildman–Crippen MR) is 106 cm³/mol. The molecule has 0 radical (unpaired) electrons. The van der Waals surface area contributed by atoms with Crippen LogP contribution in [0.2, 0.25) is 0 Å². The molecule has 1 amide bonds. The molecule has 2 N–H and O–H groups in total. The molecule has 1 aromatic heterocycles. The van der Waals surface area contributed by atoms with Crippen LogP contribution < -0.4 is 5.73 Å². The molecular formula is C17H28ClN3O3S2. The summed E-state index contributed by atoms with van der Waals surface area (Å²) in [5.41, 5.74) is 6.06. The van der Waals surface area contributed by atoms with Crippen molar-refractivity contribution in [1.29, 1.82) is 0 Å². The van der Waals surface area contributed by atoms with Gasteiger partial charge < -0.3 is 10.6 Å². The molecule has 0 bridgehead atoms. The minimum absolute atomic E-state index is 0. The summed E-state index contributed by atoms with van der Waals surface area (Å²) in [5, 5.41) is 0. The molecule has 26 heavy (non-hydrogen) atoms. The van der Waals surface area contributed by atoms with E-state index in [0.717, 1.165) is 29.0 Å². The quantitative estimate of drug-likeness (QED) is 0.807. The number of thiophene rings is 1. The fourth-order valence-electron chi connectivity index (χ4n) is 3.85. The van der Waals surface area contributed by atoms with Gasteiger partial charge in [0.15, 0.2) is 0 Å². The van der Waals surface area contributed by atoms with E-state index in [1.165, 1.54) is 15.6 Å². The third-order valence-corrected chi connectivity index (χ3v) is 8.48. The molecule has 1 aliphatic carbocycles. The van der Waals surface area contributed by atoms with Crippen LogP contribution in [-0.4, -0.2) is 55.8 Å². The van der Waals surface area contributed by atoms with Crippen LogP contribution in [0.1, 0.15) is 35.4 Å². The van der Waals surface area contributed by atoms with Crippen molar-refractivity contribution < 1.29 is 13.2 Å². The summed E-state index contributed by atoms with van der Waals surface area (Å²) in [6.45, 7) is 5.40. The molecule has 1 saturated carbocycles. The number of carbonyl (C=O) groups excluding carboxylic acids is 1. The van der Waals surface area contributed by atoms with Gasteiger partial charge in [-0.05, 0) is 38.7 Å². The number of halogens is 1. The standard InChI is InChI=1S/C17H27N3O3S2.ClH/c1-12-10-16(13(2)24-12)25(22,23)20-8-6-19(7-9-20)17(21)11-14-4-3-5-15(14)18;/h10,14-15H,3-9,11,18H2,1-2H3;1H/t14-,15+;/m0./s1. The highest BCUT2D eigenvalue weighted by Gasteiger charge is 2.33. The van der Waals surface area contributed by atoms with Crippen molar-refractivity contribution in [3.05, 3.63) is 15.8 Å². The molecule has 6 nitrogen and oxygen atoms in total. The van der Waals surface area contributed by atoms with Crippen LogP contribution >= 0.6 is 23.7 Å². The highest BCUT2D eigenvalue weighted by Crippen LogP contribution is 2.29. The van der Waals surface area contributed by atoms with Crippen LogP contribution in [0.4, 0.5) is 0 Å². The zero-order valence-electron chi connectivity index (χ0n) is 15.3. The highest BCUT2D eigenvalue weighted by atomic mass is 35.5. The molecule has 0 spiro atoms. The Morgan fingerprint density at radius 3 is 2.38 bits per heavy atom. The van der Waals surface area contributed by atoms with Crippen molar-refractivity contribution in [3.8, 4) is 0 Å². The fraction of sp³-hybridized carbons (Fsp3) is 0.706. The summed E-state index contributed by atoms with van der Waals surface area (Å²) in [4.78, 5) is 16.5. The van der Waals surface area contributed by atoms with Gasteiger partial charge in [0, 0.05) is 48.4 Å². The first kappa shape index (κ1) is 21.6. The Morgan fingerprint density at radius 2 is 1.88 bits per heavy atom. The van der Waals surface area contributed by atoms with Crippen molar-refractivity contribution in [2.45, 2.75) is 50.5 Å². The van der Waals surface area contributed by atoms with Gasteiger partial charge in [0.1, 0.15) is 0 Å². The lowest BCUT2D eigenvalue weighted by atomic mass is 9.99. The van der Waals surface area contributed by atoms with E-state index in [2.05, 4.69) is 0 Å². The zero-order chi connectivity index (χ0) is 18.2. The van der Waals surface area contributed by atoms with E-state index in [0.29, 0.717) is 37.5 Å². The number of amides is 1. The van der Waals surface area contributed by atoms with Crippen molar-refractivity contribution in [2.75, 3.05) is 26.2 Å². The van der Waals surface area contributed by atoms with Gasteiger partial charge >= 0.3 is 0 Å². The number of nitrogens with two attached hydrogens (primary N) is 1. The largest absolute Gasteiger partial charge is 0.340 e. The summed E-state index contributed by atoms with van der Waals surface area (Å²) in [5.74, 6) is 0.396. The zero-order valence-corrected chi connectivity index (χ0v) is 17.8. The second-order valence-electron chi connectivity index (χ2n) is 7.12. The molecule has 0 unspecified atom stereocenters. The van der Waals surface area contributed by atoms with E-state index >= 15 is 0 Å². The van der Waals surface area contributed by atoms with Crippen LogP contribution in [0, 0.1) is 19.8 Å². The lowest BCUT2D eigenvalue weighted by Crippen LogP contribution is -2.51. The summed E-state index contributed by atoms with van der Waals surface area (Å²) in [7, 11) is -3.47. The Balaban J connectivity index is 0.00000243. The molecule has 0 aromatic carbocycles. The van der Waals surface area contributed by atoms with Crippen LogP contribution in [-0.2, 0) is 14.8 Å². The second kappa shape index (κ2) is 8.56. The van der Waals surface area contributed by atoms with E-state index in [-0.39, 0.29) is 30.3 Å². The average Bonchev–Trinajstić information content (AvgIpc) is 3.13. The van der Waals surface area contributed by atoms with Gasteiger partial charge in [-0.25, -0.2) is 8.42 Å². The van der Waals surface area contributed by atoms with Gasteiger partial charge in [-0.3, -0.25) is 4.79 Å². The third-order valence-electron chi connectivity index (χ3n) is 5.36. The van der Waals surface area contributed by atoms with E-state index in [1.807, 2.05) is 13.8 Å². The number of piperazine rings is 1. The fourth-order valence-corrected chi connectivity index (χ4v) is 6.80. The molecule has 1 aromatic rings. The molecule has 1 saturated heterocycles. The Bertz CT molecular complexity index is 742. The van der Waals surface area contributed by atoms with Crippen molar-refractivity contribution in [1.82, 2.24) is 9.21 Å². The number of carbonyl (C=O) groups is 1. The normalized spacial score (nSPS) is 24.5. The third kappa shape index (κ3) is 4.42. The molecule has 2 atom stereocenters. The van der Waals surface area contributed by atoms with Crippen LogP contribution in [0.5, 0.6) is 0 Å². The van der Waals surface area contributed by atoms with Gasteiger partial charge in [-0.2, -0.15) is 4.31 Å².